The van der Waals surface area contributed by atoms with Crippen LogP contribution in [0.25, 0.3) is 21.8 Å². The first-order chi connectivity index (χ1) is 13.6. The third-order valence-electron chi connectivity index (χ3n) is 5.20. The first-order valence-electron chi connectivity index (χ1n) is 9.49. The lowest BCUT2D eigenvalue weighted by Crippen LogP contribution is -2.45. The minimum absolute atomic E-state index is 0.153. The zero-order valence-electron chi connectivity index (χ0n) is 15.7. The highest BCUT2D eigenvalue weighted by Crippen LogP contribution is 2.22. The average Bonchev–Trinajstić information content (AvgIpc) is 3.10. The fraction of sp³-hybridized carbons (Fsp3) is 0.400. The molecule has 1 amide bonds. The maximum absolute atomic E-state index is 12.8. The average molecular weight is 382 g/mol. The third-order valence-corrected chi connectivity index (χ3v) is 5.20. The summed E-state index contributed by atoms with van der Waals surface area (Å²) in [6.07, 6.45) is 3.06. The standard InChI is InChI=1S/C20H22N4O4/c1-2-28-20(27)13-6-5-9-23(11-13)17(25)12-24-19(26)18-15(10-21-24)14-7-3-4-8-16(14)22-18/h3-4,7-8,10,13,22H,2,5-6,9,11-12H2,1H3/t13-/m0/s1. The van der Waals surface area contributed by atoms with Crippen molar-refractivity contribution in [3.05, 3.63) is 40.8 Å². The molecule has 1 fully saturated rings. The number of esters is 1. The van der Waals surface area contributed by atoms with Crippen LogP contribution in [0, 0.1) is 5.92 Å². The predicted octanol–water partition coefficient (Wildman–Crippen LogP) is 1.68. The Morgan fingerprint density at radius 2 is 2.11 bits per heavy atom. The zero-order chi connectivity index (χ0) is 19.7. The van der Waals surface area contributed by atoms with Gasteiger partial charge in [-0.3, -0.25) is 14.4 Å². The Morgan fingerprint density at radius 1 is 1.29 bits per heavy atom. The molecule has 3 heterocycles. The van der Waals surface area contributed by atoms with E-state index in [0.717, 1.165) is 22.7 Å². The Bertz CT molecular complexity index is 1100. The van der Waals surface area contributed by atoms with Gasteiger partial charge in [-0.2, -0.15) is 5.10 Å². The molecule has 0 unspecified atom stereocenters. The molecule has 146 valence electrons. The first-order valence-corrected chi connectivity index (χ1v) is 9.49. The molecule has 8 nitrogen and oxygen atoms in total. The minimum atomic E-state index is -0.332. The molecule has 1 atom stereocenters. The Balaban J connectivity index is 1.55. The number of benzene rings is 1. The highest BCUT2D eigenvalue weighted by Gasteiger charge is 2.29. The second-order valence-electron chi connectivity index (χ2n) is 7.00. The van der Waals surface area contributed by atoms with Crippen LogP contribution in [-0.4, -0.2) is 51.2 Å². The van der Waals surface area contributed by atoms with Crippen LogP contribution in [0.3, 0.4) is 0 Å². The summed E-state index contributed by atoms with van der Waals surface area (Å²) in [6, 6.07) is 7.62. The van der Waals surface area contributed by atoms with Crippen LogP contribution >= 0.6 is 0 Å². The Labute approximate surface area is 161 Å². The van der Waals surface area contributed by atoms with Gasteiger partial charge in [0.25, 0.3) is 5.56 Å². The van der Waals surface area contributed by atoms with E-state index in [2.05, 4.69) is 10.1 Å². The lowest BCUT2D eigenvalue weighted by molar-refractivity contribution is -0.151. The molecule has 1 aliphatic heterocycles. The number of H-pyrrole nitrogens is 1. The van der Waals surface area contributed by atoms with Crippen molar-refractivity contribution in [3.63, 3.8) is 0 Å². The number of aromatic nitrogens is 3. The molecule has 1 aliphatic rings. The van der Waals surface area contributed by atoms with E-state index in [1.54, 1.807) is 18.0 Å². The summed E-state index contributed by atoms with van der Waals surface area (Å²) in [4.78, 5) is 42.2. The molecule has 0 aliphatic carbocycles. The minimum Gasteiger partial charge on any atom is -0.466 e. The summed E-state index contributed by atoms with van der Waals surface area (Å²) in [5, 5.41) is 5.86. The molecule has 1 saturated heterocycles. The van der Waals surface area contributed by atoms with Crippen molar-refractivity contribution in [2.24, 2.45) is 5.92 Å². The molecule has 0 spiro atoms. The Kier molecular flexibility index (Phi) is 4.85. The number of likely N-dealkylation sites (tertiary alicyclic amines) is 1. The number of amides is 1. The predicted molar refractivity (Wildman–Crippen MR) is 104 cm³/mol. The number of hydrogen-bond donors (Lipinski definition) is 1. The van der Waals surface area contributed by atoms with E-state index < -0.39 is 0 Å². The summed E-state index contributed by atoms with van der Waals surface area (Å²) < 4.78 is 6.25. The van der Waals surface area contributed by atoms with Gasteiger partial charge in [0.1, 0.15) is 12.1 Å². The number of rotatable bonds is 4. The smallest absolute Gasteiger partial charge is 0.310 e. The molecule has 8 heteroatoms. The normalized spacial score (nSPS) is 17.2. The van der Waals surface area contributed by atoms with Gasteiger partial charge in [-0.1, -0.05) is 18.2 Å². The number of ether oxygens (including phenoxy) is 1. The maximum Gasteiger partial charge on any atom is 0.310 e. The summed E-state index contributed by atoms with van der Waals surface area (Å²) in [7, 11) is 0. The lowest BCUT2D eigenvalue weighted by Gasteiger charge is -2.31. The van der Waals surface area contributed by atoms with Crippen LogP contribution in [0.4, 0.5) is 0 Å². The third kappa shape index (κ3) is 3.26. The summed E-state index contributed by atoms with van der Waals surface area (Å²) in [6.45, 7) is 2.83. The van der Waals surface area contributed by atoms with E-state index in [4.69, 9.17) is 4.74 Å². The number of nitrogens with zero attached hydrogens (tertiary/aromatic N) is 3. The van der Waals surface area contributed by atoms with Crippen LogP contribution in [-0.2, 0) is 20.9 Å². The summed E-state index contributed by atoms with van der Waals surface area (Å²) >= 11 is 0. The Morgan fingerprint density at radius 3 is 2.93 bits per heavy atom. The first kappa shape index (κ1) is 18.2. The monoisotopic (exact) mass is 382 g/mol. The van der Waals surface area contributed by atoms with E-state index in [0.29, 0.717) is 31.6 Å². The second-order valence-corrected chi connectivity index (χ2v) is 7.00. The molecule has 3 aromatic rings. The maximum atomic E-state index is 12.8. The van der Waals surface area contributed by atoms with Crippen LogP contribution in [0.2, 0.25) is 0 Å². The molecular formula is C20H22N4O4. The van der Waals surface area contributed by atoms with Gasteiger partial charge < -0.3 is 14.6 Å². The molecule has 1 aromatic carbocycles. The summed E-state index contributed by atoms with van der Waals surface area (Å²) in [5.74, 6) is -0.799. The van der Waals surface area contributed by atoms with E-state index >= 15 is 0 Å². The molecular weight excluding hydrogens is 360 g/mol. The number of para-hydroxylation sites is 1. The lowest BCUT2D eigenvalue weighted by atomic mass is 9.98. The number of fused-ring (bicyclic) bond motifs is 3. The van der Waals surface area contributed by atoms with E-state index in [-0.39, 0.29) is 29.9 Å². The fourth-order valence-corrected chi connectivity index (χ4v) is 3.77. The van der Waals surface area contributed by atoms with Gasteiger partial charge in [0.15, 0.2) is 0 Å². The zero-order valence-corrected chi connectivity index (χ0v) is 15.7. The summed E-state index contributed by atoms with van der Waals surface area (Å²) in [5.41, 5.74) is 0.960. The topological polar surface area (TPSA) is 97.3 Å². The number of aromatic amines is 1. The van der Waals surface area contributed by atoms with Crippen molar-refractivity contribution in [1.29, 1.82) is 0 Å². The molecule has 4 rings (SSSR count). The van der Waals surface area contributed by atoms with Crippen LogP contribution < -0.4 is 5.56 Å². The quantitative estimate of drug-likeness (QED) is 0.693. The number of nitrogens with one attached hydrogen (secondary N) is 1. The molecule has 2 aromatic heterocycles. The van der Waals surface area contributed by atoms with Crippen molar-refractivity contribution in [2.45, 2.75) is 26.3 Å². The number of carbonyl (C=O) groups excluding carboxylic acids is 2. The van der Waals surface area contributed by atoms with E-state index in [9.17, 15) is 14.4 Å². The van der Waals surface area contributed by atoms with Crippen molar-refractivity contribution in [3.8, 4) is 0 Å². The van der Waals surface area contributed by atoms with E-state index in [1.165, 1.54) is 4.68 Å². The highest BCUT2D eigenvalue weighted by atomic mass is 16.5. The van der Waals surface area contributed by atoms with E-state index in [1.807, 2.05) is 24.3 Å². The van der Waals surface area contributed by atoms with Gasteiger partial charge in [-0.15, -0.1) is 0 Å². The van der Waals surface area contributed by atoms with Gasteiger partial charge in [-0.25, -0.2) is 4.68 Å². The Hall–Kier alpha value is -3.16. The van der Waals surface area contributed by atoms with Crippen molar-refractivity contribution in [2.75, 3.05) is 19.7 Å². The molecule has 1 N–H and O–H groups in total. The van der Waals surface area contributed by atoms with Crippen LogP contribution in [0.5, 0.6) is 0 Å². The van der Waals surface area contributed by atoms with Crippen LogP contribution in [0.1, 0.15) is 19.8 Å². The van der Waals surface area contributed by atoms with Crippen LogP contribution in [0.15, 0.2) is 35.3 Å². The van der Waals surface area contributed by atoms with Gasteiger partial charge in [0, 0.05) is 29.4 Å². The molecule has 0 saturated carbocycles. The number of carbonyl (C=O) groups is 2. The second kappa shape index (κ2) is 7.46. The molecule has 0 radical (unpaired) electrons. The highest BCUT2D eigenvalue weighted by molar-refractivity contribution is 6.06. The number of hydrogen-bond acceptors (Lipinski definition) is 5. The van der Waals surface area contributed by atoms with Crippen molar-refractivity contribution >= 4 is 33.7 Å². The van der Waals surface area contributed by atoms with Gasteiger partial charge in [0.2, 0.25) is 5.91 Å². The number of piperidine rings is 1. The largest absolute Gasteiger partial charge is 0.466 e. The molecule has 0 bridgehead atoms. The fourth-order valence-electron chi connectivity index (χ4n) is 3.77. The van der Waals surface area contributed by atoms with Gasteiger partial charge in [-0.05, 0) is 25.8 Å². The van der Waals surface area contributed by atoms with Crippen molar-refractivity contribution in [1.82, 2.24) is 19.7 Å². The van der Waals surface area contributed by atoms with Gasteiger partial charge in [0.05, 0.1) is 18.7 Å². The van der Waals surface area contributed by atoms with Crippen molar-refractivity contribution < 1.29 is 14.3 Å². The SMILES string of the molecule is CCOC(=O)[C@H]1CCCN(C(=O)Cn2ncc3c([nH]c4ccccc43)c2=O)C1. The van der Waals surface area contributed by atoms with Gasteiger partial charge >= 0.3 is 5.97 Å². The molecule has 28 heavy (non-hydrogen) atoms.